The number of pyridine rings is 1. The predicted molar refractivity (Wildman–Crippen MR) is 129 cm³/mol. The molecule has 1 aliphatic rings. The van der Waals surface area contributed by atoms with Crippen LogP contribution >= 0.6 is 11.6 Å². The van der Waals surface area contributed by atoms with E-state index in [2.05, 4.69) is 11.1 Å². The molecule has 0 fully saturated rings. The highest BCUT2D eigenvalue weighted by Crippen LogP contribution is 2.41. The van der Waals surface area contributed by atoms with E-state index in [4.69, 9.17) is 26.3 Å². The summed E-state index contributed by atoms with van der Waals surface area (Å²) in [5.74, 6) is 1.06. The summed E-state index contributed by atoms with van der Waals surface area (Å²) in [6, 6.07) is 22.0. The molecule has 0 atom stereocenters. The number of nitrogens with zero attached hydrogens (tertiary/aromatic N) is 3. The molecule has 0 aliphatic carbocycles. The number of carbonyl (C=O) groups excluding carboxylic acids is 1. The van der Waals surface area contributed by atoms with Crippen molar-refractivity contribution < 1.29 is 14.3 Å². The van der Waals surface area contributed by atoms with Gasteiger partial charge in [-0.05, 0) is 67.9 Å². The zero-order chi connectivity index (χ0) is 23.9. The van der Waals surface area contributed by atoms with Crippen LogP contribution in [0.3, 0.4) is 0 Å². The lowest BCUT2D eigenvalue weighted by Crippen LogP contribution is -2.29. The number of ether oxygens (including phenoxy) is 2. The number of rotatable bonds is 5. The van der Waals surface area contributed by atoms with Gasteiger partial charge in [-0.25, -0.2) is 4.98 Å². The van der Waals surface area contributed by atoms with Crippen molar-refractivity contribution in [3.05, 3.63) is 100 Å². The summed E-state index contributed by atoms with van der Waals surface area (Å²) in [5.41, 5.74) is 3.08. The van der Waals surface area contributed by atoms with Crippen molar-refractivity contribution in [2.75, 3.05) is 0 Å². The van der Waals surface area contributed by atoms with Gasteiger partial charge in [-0.1, -0.05) is 29.8 Å². The summed E-state index contributed by atoms with van der Waals surface area (Å²) in [5, 5.41) is 9.65. The molecule has 168 valence electrons. The lowest BCUT2D eigenvalue weighted by Gasteiger charge is -2.17. The number of ketones is 1. The highest BCUT2D eigenvalue weighted by atomic mass is 35.5. The molecule has 34 heavy (non-hydrogen) atoms. The number of benzene rings is 2. The number of nitriles is 1. The fourth-order valence-electron chi connectivity index (χ4n) is 3.89. The van der Waals surface area contributed by atoms with E-state index in [9.17, 15) is 4.79 Å². The highest BCUT2D eigenvalue weighted by Gasteiger charge is 2.42. The Hall–Kier alpha value is -4.08. The van der Waals surface area contributed by atoms with Crippen LogP contribution in [-0.4, -0.2) is 20.8 Å². The Labute approximate surface area is 201 Å². The smallest absolute Gasteiger partial charge is 0.210 e. The molecule has 5 rings (SSSR count). The van der Waals surface area contributed by atoms with Gasteiger partial charge >= 0.3 is 0 Å². The first-order valence-corrected chi connectivity index (χ1v) is 11.1. The molecule has 0 saturated heterocycles. The van der Waals surface area contributed by atoms with Crippen molar-refractivity contribution in [1.29, 1.82) is 5.26 Å². The molecule has 4 aromatic rings. The molecule has 0 N–H and O–H groups in total. The van der Waals surface area contributed by atoms with Gasteiger partial charge in [0, 0.05) is 11.8 Å². The van der Waals surface area contributed by atoms with Crippen LogP contribution < -0.4 is 4.74 Å². The normalized spacial score (nSPS) is 14.8. The van der Waals surface area contributed by atoms with Gasteiger partial charge in [-0.15, -0.1) is 0 Å². The lowest BCUT2D eigenvalue weighted by molar-refractivity contribution is -0.125. The molecule has 0 spiro atoms. The predicted octanol–water partition coefficient (Wildman–Crippen LogP) is 5.68. The summed E-state index contributed by atoms with van der Waals surface area (Å²) < 4.78 is 13.8. The quantitative estimate of drug-likeness (QED) is 0.351. The average Bonchev–Trinajstić information content (AvgIpc) is 3.37. The van der Waals surface area contributed by atoms with Crippen molar-refractivity contribution >= 4 is 34.4 Å². The topological polar surface area (TPSA) is 76.6 Å². The zero-order valence-electron chi connectivity index (χ0n) is 18.6. The first kappa shape index (κ1) is 21.7. The first-order valence-electron chi connectivity index (χ1n) is 10.7. The molecule has 6 nitrogen and oxygen atoms in total. The molecule has 0 bridgehead atoms. The van der Waals surface area contributed by atoms with Crippen LogP contribution in [0.25, 0.3) is 17.0 Å². The van der Waals surface area contributed by atoms with Crippen LogP contribution in [0.5, 0.6) is 5.75 Å². The summed E-state index contributed by atoms with van der Waals surface area (Å²) in [6.07, 6.45) is 1.84. The van der Waals surface area contributed by atoms with E-state index in [0.29, 0.717) is 27.8 Å². The van der Waals surface area contributed by atoms with Gasteiger partial charge < -0.3 is 9.47 Å². The van der Waals surface area contributed by atoms with E-state index in [0.717, 1.165) is 22.5 Å². The Kier molecular flexibility index (Phi) is 5.35. The lowest BCUT2D eigenvalue weighted by atomic mass is 9.92. The van der Waals surface area contributed by atoms with Crippen LogP contribution in [0.15, 0.2) is 72.9 Å². The molecule has 3 heterocycles. The Balaban J connectivity index is 1.40. The molecule has 0 amide bonds. The maximum atomic E-state index is 13.2. The van der Waals surface area contributed by atoms with Crippen LogP contribution in [0, 0.1) is 11.3 Å². The van der Waals surface area contributed by atoms with Crippen molar-refractivity contribution in [2.24, 2.45) is 0 Å². The van der Waals surface area contributed by atoms with Crippen molar-refractivity contribution in [3.8, 4) is 11.8 Å². The van der Waals surface area contributed by atoms with Gasteiger partial charge in [0.25, 0.3) is 0 Å². The van der Waals surface area contributed by atoms with Gasteiger partial charge in [-0.3, -0.25) is 9.20 Å². The van der Waals surface area contributed by atoms with Crippen LogP contribution in [0.2, 0.25) is 5.15 Å². The molecule has 0 unspecified atom stereocenters. The molecule has 1 aliphatic heterocycles. The van der Waals surface area contributed by atoms with E-state index >= 15 is 0 Å². The molecule has 2 aromatic heterocycles. The summed E-state index contributed by atoms with van der Waals surface area (Å²) in [7, 11) is 0. The van der Waals surface area contributed by atoms with Crippen LogP contribution in [-0.2, 0) is 16.1 Å². The van der Waals surface area contributed by atoms with Gasteiger partial charge in [0.15, 0.2) is 5.60 Å². The standard InChI is InChI=1S/C27H20ClN3O3/c1-27(2)26(32)24(25(34-27)19-8-6-17(14-29)7-9-19)18-10-12-21(13-11-18)33-16-20-15-31-22(28)4-3-5-23(31)30-20/h3-13,15H,16H2,1-2H3. The van der Waals surface area contributed by atoms with Crippen molar-refractivity contribution in [2.45, 2.75) is 26.1 Å². The second-order valence-electron chi connectivity index (χ2n) is 8.46. The maximum Gasteiger partial charge on any atom is 0.210 e. The van der Waals surface area contributed by atoms with E-state index in [1.54, 1.807) is 48.6 Å². The Morgan fingerprint density at radius 2 is 1.76 bits per heavy atom. The van der Waals surface area contributed by atoms with Gasteiger partial charge in [0.2, 0.25) is 5.78 Å². The minimum Gasteiger partial charge on any atom is -0.487 e. The number of fused-ring (bicyclic) bond motifs is 1. The fourth-order valence-corrected chi connectivity index (χ4v) is 4.10. The number of halogens is 1. The van der Waals surface area contributed by atoms with Crippen molar-refractivity contribution in [1.82, 2.24) is 9.38 Å². The Morgan fingerprint density at radius 1 is 1.06 bits per heavy atom. The third-order valence-corrected chi connectivity index (χ3v) is 5.96. The second-order valence-corrected chi connectivity index (χ2v) is 8.84. The third kappa shape index (κ3) is 3.91. The number of hydrogen-bond donors (Lipinski definition) is 0. The number of imidazole rings is 1. The van der Waals surface area contributed by atoms with Crippen LogP contribution in [0.1, 0.15) is 36.2 Å². The average molecular weight is 470 g/mol. The monoisotopic (exact) mass is 469 g/mol. The first-order chi connectivity index (χ1) is 16.4. The third-order valence-electron chi connectivity index (χ3n) is 5.66. The molecule has 2 aromatic carbocycles. The van der Waals surface area contributed by atoms with E-state index in [-0.39, 0.29) is 12.4 Å². The van der Waals surface area contributed by atoms with Gasteiger partial charge in [-0.2, -0.15) is 5.26 Å². The molecular formula is C27H20ClN3O3. The van der Waals surface area contributed by atoms with Gasteiger partial charge in [0.1, 0.15) is 28.9 Å². The summed E-state index contributed by atoms with van der Waals surface area (Å²) >= 11 is 6.20. The number of aromatic nitrogens is 2. The van der Waals surface area contributed by atoms with Crippen molar-refractivity contribution in [3.63, 3.8) is 0 Å². The largest absolute Gasteiger partial charge is 0.487 e. The van der Waals surface area contributed by atoms with E-state index in [1.165, 1.54) is 0 Å². The highest BCUT2D eigenvalue weighted by molar-refractivity contribution is 6.32. The summed E-state index contributed by atoms with van der Waals surface area (Å²) in [4.78, 5) is 17.7. The molecule has 7 heteroatoms. The minimum absolute atomic E-state index is 0.0953. The maximum absolute atomic E-state index is 13.2. The SMILES string of the molecule is CC1(C)OC(c2ccc(C#N)cc2)=C(c2ccc(OCc3cn4c(Cl)cccc4n3)cc2)C1=O. The second kappa shape index (κ2) is 8.36. The molecular weight excluding hydrogens is 450 g/mol. The number of Topliss-reactive ketones (excluding diaryl/α,β-unsaturated/α-hetero) is 1. The number of carbonyl (C=O) groups is 1. The molecule has 0 saturated carbocycles. The van der Waals surface area contributed by atoms with Gasteiger partial charge in [0.05, 0.1) is 22.9 Å². The minimum atomic E-state index is -0.974. The Morgan fingerprint density at radius 3 is 2.44 bits per heavy atom. The summed E-state index contributed by atoms with van der Waals surface area (Å²) in [6.45, 7) is 3.79. The zero-order valence-corrected chi connectivity index (χ0v) is 19.3. The fraction of sp³-hybridized carbons (Fsp3) is 0.148. The molecule has 0 radical (unpaired) electrons. The van der Waals surface area contributed by atoms with E-state index in [1.807, 2.05) is 42.6 Å². The van der Waals surface area contributed by atoms with E-state index < -0.39 is 5.60 Å². The number of hydrogen-bond acceptors (Lipinski definition) is 5. The Bertz CT molecular complexity index is 1480. The van der Waals surface area contributed by atoms with Crippen LogP contribution in [0.4, 0.5) is 0 Å².